The fourth-order valence-electron chi connectivity index (χ4n) is 3.06. The standard InChI is InChI=1S/C13H20N2S/c1(11-4-8-16-10-11)5-14-13-3-7-15-6-2-12(13)9-15/h4,8,10,12-14H,1-3,5-7,9H2. The van der Waals surface area contributed by atoms with Crippen molar-refractivity contribution in [1.29, 1.82) is 0 Å². The lowest BCUT2D eigenvalue weighted by atomic mass is 9.94. The largest absolute Gasteiger partial charge is 0.313 e. The quantitative estimate of drug-likeness (QED) is 0.860. The van der Waals surface area contributed by atoms with E-state index < -0.39 is 0 Å². The summed E-state index contributed by atoms with van der Waals surface area (Å²) >= 11 is 1.80. The summed E-state index contributed by atoms with van der Waals surface area (Å²) in [5.74, 6) is 0.927. The summed E-state index contributed by atoms with van der Waals surface area (Å²) in [6.45, 7) is 5.15. The van der Waals surface area contributed by atoms with Gasteiger partial charge in [-0.2, -0.15) is 11.3 Å². The molecule has 0 aromatic carbocycles. The van der Waals surface area contributed by atoms with Gasteiger partial charge in [0.25, 0.3) is 0 Å². The number of rotatable bonds is 4. The van der Waals surface area contributed by atoms with Crippen molar-refractivity contribution in [3.05, 3.63) is 22.4 Å². The summed E-state index contributed by atoms with van der Waals surface area (Å²) in [7, 11) is 0. The molecule has 0 amide bonds. The van der Waals surface area contributed by atoms with Crippen LogP contribution in [0.4, 0.5) is 0 Å². The Labute approximate surface area is 102 Å². The van der Waals surface area contributed by atoms with Crippen molar-refractivity contribution in [3.63, 3.8) is 0 Å². The first-order chi connectivity index (χ1) is 7.92. The SMILES string of the molecule is c1cc(CCNC2CCN3CCC2C3)cs1. The second-order valence-electron chi connectivity index (χ2n) is 5.08. The molecule has 2 aliphatic heterocycles. The van der Waals surface area contributed by atoms with E-state index in [-0.39, 0.29) is 0 Å². The molecule has 0 radical (unpaired) electrons. The number of piperidine rings is 1. The molecule has 3 atom stereocenters. The van der Waals surface area contributed by atoms with Crippen LogP contribution in [0.5, 0.6) is 0 Å². The summed E-state index contributed by atoms with van der Waals surface area (Å²) < 4.78 is 0. The Morgan fingerprint density at radius 3 is 3.19 bits per heavy atom. The molecule has 2 bridgehead atoms. The molecule has 0 spiro atoms. The fourth-order valence-corrected chi connectivity index (χ4v) is 3.76. The Balaban J connectivity index is 1.45. The molecule has 3 heterocycles. The van der Waals surface area contributed by atoms with Gasteiger partial charge in [-0.15, -0.1) is 0 Å². The van der Waals surface area contributed by atoms with E-state index in [0.29, 0.717) is 0 Å². The van der Waals surface area contributed by atoms with Gasteiger partial charge in [0.1, 0.15) is 0 Å². The number of hydrogen-bond acceptors (Lipinski definition) is 3. The molecule has 3 rings (SSSR count). The lowest BCUT2D eigenvalue weighted by Crippen LogP contribution is -2.44. The molecule has 0 aliphatic carbocycles. The molecule has 3 unspecified atom stereocenters. The Bertz CT molecular complexity index is 323. The van der Waals surface area contributed by atoms with Crippen LogP contribution in [0, 0.1) is 5.92 Å². The van der Waals surface area contributed by atoms with Crippen LogP contribution in [0.3, 0.4) is 0 Å². The van der Waals surface area contributed by atoms with Gasteiger partial charge in [-0.05, 0) is 67.2 Å². The second kappa shape index (κ2) is 4.86. The molecule has 1 aromatic heterocycles. The molecule has 1 aromatic rings. The van der Waals surface area contributed by atoms with Crippen molar-refractivity contribution in [2.45, 2.75) is 25.3 Å². The molecule has 16 heavy (non-hydrogen) atoms. The summed E-state index contributed by atoms with van der Waals surface area (Å²) in [5, 5.41) is 8.20. The topological polar surface area (TPSA) is 15.3 Å². The van der Waals surface area contributed by atoms with E-state index in [2.05, 4.69) is 27.0 Å². The average Bonchev–Trinajstić information content (AvgIpc) is 2.92. The Morgan fingerprint density at radius 1 is 1.38 bits per heavy atom. The molecule has 2 saturated heterocycles. The third-order valence-electron chi connectivity index (χ3n) is 4.03. The molecule has 0 saturated carbocycles. The maximum Gasteiger partial charge on any atom is 0.0120 e. The van der Waals surface area contributed by atoms with Crippen LogP contribution in [-0.2, 0) is 6.42 Å². The zero-order chi connectivity index (χ0) is 10.8. The van der Waals surface area contributed by atoms with Crippen LogP contribution in [0.15, 0.2) is 16.8 Å². The maximum atomic E-state index is 3.77. The molecular weight excluding hydrogens is 216 g/mol. The van der Waals surface area contributed by atoms with Gasteiger partial charge in [0, 0.05) is 12.6 Å². The number of fused-ring (bicyclic) bond motifs is 2. The molecule has 1 N–H and O–H groups in total. The molecule has 2 nitrogen and oxygen atoms in total. The normalized spacial score (nSPS) is 33.1. The molecule has 3 heteroatoms. The van der Waals surface area contributed by atoms with Gasteiger partial charge < -0.3 is 10.2 Å². The fraction of sp³-hybridized carbons (Fsp3) is 0.692. The van der Waals surface area contributed by atoms with E-state index in [1.807, 2.05) is 0 Å². The molecular formula is C13H20N2S. The second-order valence-corrected chi connectivity index (χ2v) is 5.86. The van der Waals surface area contributed by atoms with Crippen LogP contribution in [0.2, 0.25) is 0 Å². The van der Waals surface area contributed by atoms with Gasteiger partial charge in [0.15, 0.2) is 0 Å². The molecule has 88 valence electrons. The highest BCUT2D eigenvalue weighted by molar-refractivity contribution is 7.07. The minimum atomic E-state index is 0.789. The molecule has 2 aliphatic rings. The third-order valence-corrected chi connectivity index (χ3v) is 4.77. The van der Waals surface area contributed by atoms with Gasteiger partial charge in [-0.3, -0.25) is 0 Å². The zero-order valence-corrected chi connectivity index (χ0v) is 10.5. The van der Waals surface area contributed by atoms with E-state index >= 15 is 0 Å². The van der Waals surface area contributed by atoms with Crippen molar-refractivity contribution in [3.8, 4) is 0 Å². The Hall–Kier alpha value is -0.380. The van der Waals surface area contributed by atoms with Crippen molar-refractivity contribution >= 4 is 11.3 Å². The Morgan fingerprint density at radius 2 is 2.31 bits per heavy atom. The predicted molar refractivity (Wildman–Crippen MR) is 69.0 cm³/mol. The number of hydrogen-bond donors (Lipinski definition) is 1. The van der Waals surface area contributed by atoms with Crippen molar-refractivity contribution < 1.29 is 0 Å². The van der Waals surface area contributed by atoms with E-state index in [9.17, 15) is 0 Å². The lowest BCUT2D eigenvalue weighted by Gasteiger charge is -2.31. The van der Waals surface area contributed by atoms with Crippen LogP contribution in [0.25, 0.3) is 0 Å². The minimum absolute atomic E-state index is 0.789. The van der Waals surface area contributed by atoms with Crippen molar-refractivity contribution in [2.75, 3.05) is 26.2 Å². The number of nitrogens with one attached hydrogen (secondary N) is 1. The summed E-state index contributed by atoms with van der Waals surface area (Å²) in [5.41, 5.74) is 1.49. The van der Waals surface area contributed by atoms with Gasteiger partial charge in [-0.25, -0.2) is 0 Å². The van der Waals surface area contributed by atoms with Crippen LogP contribution in [0.1, 0.15) is 18.4 Å². The van der Waals surface area contributed by atoms with E-state index in [0.717, 1.165) is 18.5 Å². The summed E-state index contributed by atoms with van der Waals surface area (Å²) in [6, 6.07) is 3.03. The first kappa shape index (κ1) is 10.8. The highest BCUT2D eigenvalue weighted by atomic mass is 32.1. The van der Waals surface area contributed by atoms with E-state index in [1.54, 1.807) is 11.3 Å². The van der Waals surface area contributed by atoms with Gasteiger partial charge in [-0.1, -0.05) is 0 Å². The van der Waals surface area contributed by atoms with E-state index in [1.165, 1.54) is 44.5 Å². The lowest BCUT2D eigenvalue weighted by molar-refractivity contribution is 0.222. The van der Waals surface area contributed by atoms with Crippen LogP contribution >= 0.6 is 11.3 Å². The van der Waals surface area contributed by atoms with Crippen LogP contribution in [-0.4, -0.2) is 37.1 Å². The highest BCUT2D eigenvalue weighted by Crippen LogP contribution is 2.26. The van der Waals surface area contributed by atoms with Gasteiger partial charge in [0.2, 0.25) is 0 Å². The minimum Gasteiger partial charge on any atom is -0.313 e. The zero-order valence-electron chi connectivity index (χ0n) is 9.69. The average molecular weight is 236 g/mol. The highest BCUT2D eigenvalue weighted by Gasteiger charge is 2.33. The number of thiophene rings is 1. The van der Waals surface area contributed by atoms with E-state index in [4.69, 9.17) is 0 Å². The molecule has 2 fully saturated rings. The summed E-state index contributed by atoms with van der Waals surface area (Å²) in [6.07, 6.45) is 3.96. The monoisotopic (exact) mass is 236 g/mol. The van der Waals surface area contributed by atoms with Crippen molar-refractivity contribution in [1.82, 2.24) is 10.2 Å². The van der Waals surface area contributed by atoms with Crippen LogP contribution < -0.4 is 5.32 Å². The smallest absolute Gasteiger partial charge is 0.0120 e. The van der Waals surface area contributed by atoms with Gasteiger partial charge in [0.05, 0.1) is 0 Å². The van der Waals surface area contributed by atoms with Gasteiger partial charge >= 0.3 is 0 Å². The summed E-state index contributed by atoms with van der Waals surface area (Å²) in [4.78, 5) is 2.61. The first-order valence-corrected chi connectivity index (χ1v) is 7.33. The number of nitrogens with zero attached hydrogens (tertiary/aromatic N) is 1. The maximum absolute atomic E-state index is 3.77. The predicted octanol–water partition coefficient (Wildman–Crippen LogP) is 1.97. The third kappa shape index (κ3) is 2.31. The first-order valence-electron chi connectivity index (χ1n) is 6.38. The Kier molecular flexibility index (Phi) is 3.27. The van der Waals surface area contributed by atoms with Crippen molar-refractivity contribution in [2.24, 2.45) is 5.92 Å².